The lowest BCUT2D eigenvalue weighted by Crippen LogP contribution is -2.31. The SMILES string of the molecule is CC(=O)OCCN1CCCNCC1.Cl. The highest BCUT2D eigenvalue weighted by Crippen LogP contribution is 1.94. The Hall–Kier alpha value is -0.320. The Labute approximate surface area is 91.4 Å². The monoisotopic (exact) mass is 222 g/mol. The van der Waals surface area contributed by atoms with Crippen molar-refractivity contribution in [1.29, 1.82) is 0 Å². The molecule has 0 radical (unpaired) electrons. The zero-order valence-corrected chi connectivity index (χ0v) is 9.44. The van der Waals surface area contributed by atoms with Crippen molar-refractivity contribution in [2.45, 2.75) is 13.3 Å². The van der Waals surface area contributed by atoms with Crippen LogP contribution in [0, 0.1) is 0 Å². The van der Waals surface area contributed by atoms with E-state index >= 15 is 0 Å². The van der Waals surface area contributed by atoms with Crippen LogP contribution < -0.4 is 5.32 Å². The molecule has 0 unspecified atom stereocenters. The van der Waals surface area contributed by atoms with Crippen molar-refractivity contribution in [3.8, 4) is 0 Å². The molecule has 0 atom stereocenters. The molecule has 0 aliphatic carbocycles. The van der Waals surface area contributed by atoms with Gasteiger partial charge in [-0.2, -0.15) is 0 Å². The molecule has 4 nitrogen and oxygen atoms in total. The lowest BCUT2D eigenvalue weighted by atomic mass is 10.4. The van der Waals surface area contributed by atoms with E-state index in [9.17, 15) is 4.79 Å². The quantitative estimate of drug-likeness (QED) is 0.696. The molecule has 1 aliphatic rings. The number of rotatable bonds is 3. The van der Waals surface area contributed by atoms with E-state index in [0.29, 0.717) is 6.61 Å². The number of carbonyl (C=O) groups is 1. The molecule has 0 bridgehead atoms. The fourth-order valence-electron chi connectivity index (χ4n) is 1.44. The molecule has 1 heterocycles. The lowest BCUT2D eigenvalue weighted by molar-refractivity contribution is -0.141. The molecule has 0 spiro atoms. The van der Waals surface area contributed by atoms with Crippen molar-refractivity contribution in [1.82, 2.24) is 10.2 Å². The Morgan fingerprint density at radius 3 is 2.93 bits per heavy atom. The highest BCUT2D eigenvalue weighted by atomic mass is 35.5. The van der Waals surface area contributed by atoms with Gasteiger partial charge in [0.25, 0.3) is 0 Å². The summed E-state index contributed by atoms with van der Waals surface area (Å²) < 4.78 is 4.88. The number of carbonyl (C=O) groups excluding carboxylic acids is 1. The molecule has 14 heavy (non-hydrogen) atoms. The van der Waals surface area contributed by atoms with E-state index in [1.807, 2.05) is 0 Å². The van der Waals surface area contributed by atoms with E-state index in [4.69, 9.17) is 4.74 Å². The van der Waals surface area contributed by atoms with Crippen LogP contribution >= 0.6 is 12.4 Å². The highest BCUT2D eigenvalue weighted by Gasteiger charge is 2.07. The number of halogens is 1. The van der Waals surface area contributed by atoms with Gasteiger partial charge >= 0.3 is 5.97 Å². The van der Waals surface area contributed by atoms with Gasteiger partial charge in [-0.15, -0.1) is 12.4 Å². The Kier molecular flexibility index (Phi) is 7.84. The van der Waals surface area contributed by atoms with Crippen molar-refractivity contribution >= 4 is 18.4 Å². The highest BCUT2D eigenvalue weighted by molar-refractivity contribution is 5.85. The van der Waals surface area contributed by atoms with Gasteiger partial charge in [-0.25, -0.2) is 0 Å². The van der Waals surface area contributed by atoms with Crippen LogP contribution in [-0.2, 0) is 9.53 Å². The summed E-state index contributed by atoms with van der Waals surface area (Å²) in [5, 5.41) is 3.33. The standard InChI is InChI=1S/C9H18N2O2.ClH/c1-9(12)13-8-7-11-5-2-3-10-4-6-11;/h10H,2-8H2,1H3;1H. The molecular formula is C9H19ClN2O2. The predicted octanol–water partition coefficient (Wildman–Crippen LogP) is 0.267. The summed E-state index contributed by atoms with van der Waals surface area (Å²) in [5.41, 5.74) is 0. The van der Waals surface area contributed by atoms with Crippen molar-refractivity contribution in [2.75, 3.05) is 39.3 Å². The predicted molar refractivity (Wildman–Crippen MR) is 57.8 cm³/mol. The molecule has 0 saturated carbocycles. The van der Waals surface area contributed by atoms with Crippen LogP contribution in [0.1, 0.15) is 13.3 Å². The maximum Gasteiger partial charge on any atom is 0.302 e. The number of hydrogen-bond donors (Lipinski definition) is 1. The summed E-state index contributed by atoms with van der Waals surface area (Å²) in [6.07, 6.45) is 1.18. The molecule has 84 valence electrons. The Balaban J connectivity index is 0.00000169. The molecule has 0 aromatic heterocycles. The number of nitrogens with zero attached hydrogens (tertiary/aromatic N) is 1. The largest absolute Gasteiger partial charge is 0.465 e. The van der Waals surface area contributed by atoms with Gasteiger partial charge in [0, 0.05) is 26.6 Å². The van der Waals surface area contributed by atoms with Gasteiger partial charge in [-0.05, 0) is 19.5 Å². The fraction of sp³-hybridized carbons (Fsp3) is 0.889. The van der Waals surface area contributed by atoms with Crippen LogP contribution in [0.15, 0.2) is 0 Å². The van der Waals surface area contributed by atoms with Crippen LogP contribution in [0.4, 0.5) is 0 Å². The van der Waals surface area contributed by atoms with Gasteiger partial charge in [0.2, 0.25) is 0 Å². The third-order valence-corrected chi connectivity index (χ3v) is 2.15. The van der Waals surface area contributed by atoms with Crippen molar-refractivity contribution in [2.24, 2.45) is 0 Å². The minimum atomic E-state index is -0.187. The van der Waals surface area contributed by atoms with Crippen LogP contribution in [0.2, 0.25) is 0 Å². The Morgan fingerprint density at radius 2 is 2.21 bits per heavy atom. The molecule has 0 amide bonds. The topological polar surface area (TPSA) is 41.6 Å². The summed E-state index contributed by atoms with van der Waals surface area (Å²) in [6, 6.07) is 0. The molecule has 1 fully saturated rings. The van der Waals surface area contributed by atoms with Gasteiger partial charge < -0.3 is 10.1 Å². The minimum absolute atomic E-state index is 0. The second kappa shape index (κ2) is 8.03. The van der Waals surface area contributed by atoms with E-state index in [0.717, 1.165) is 32.7 Å². The smallest absolute Gasteiger partial charge is 0.302 e. The normalized spacial score (nSPS) is 18.1. The summed E-state index contributed by atoms with van der Waals surface area (Å²) in [6.45, 7) is 7.14. The van der Waals surface area contributed by atoms with Gasteiger partial charge in [0.1, 0.15) is 6.61 Å². The van der Waals surface area contributed by atoms with Gasteiger partial charge in [0.05, 0.1) is 0 Å². The van der Waals surface area contributed by atoms with E-state index in [1.165, 1.54) is 13.3 Å². The van der Waals surface area contributed by atoms with Gasteiger partial charge in [-0.1, -0.05) is 0 Å². The van der Waals surface area contributed by atoms with Crippen LogP contribution in [0.5, 0.6) is 0 Å². The first-order chi connectivity index (χ1) is 6.29. The minimum Gasteiger partial charge on any atom is -0.465 e. The average molecular weight is 223 g/mol. The van der Waals surface area contributed by atoms with E-state index in [-0.39, 0.29) is 18.4 Å². The molecular weight excluding hydrogens is 204 g/mol. The fourth-order valence-corrected chi connectivity index (χ4v) is 1.44. The number of esters is 1. The summed E-state index contributed by atoms with van der Waals surface area (Å²) >= 11 is 0. The number of hydrogen-bond acceptors (Lipinski definition) is 4. The maximum atomic E-state index is 10.5. The first kappa shape index (κ1) is 13.7. The summed E-state index contributed by atoms with van der Waals surface area (Å²) in [7, 11) is 0. The third-order valence-electron chi connectivity index (χ3n) is 2.15. The molecule has 1 saturated heterocycles. The lowest BCUT2D eigenvalue weighted by Gasteiger charge is -2.18. The van der Waals surface area contributed by atoms with E-state index < -0.39 is 0 Å². The molecule has 0 aromatic rings. The van der Waals surface area contributed by atoms with Gasteiger partial charge in [-0.3, -0.25) is 9.69 Å². The van der Waals surface area contributed by atoms with Crippen molar-refractivity contribution < 1.29 is 9.53 Å². The zero-order chi connectivity index (χ0) is 9.52. The van der Waals surface area contributed by atoms with Crippen molar-refractivity contribution in [3.63, 3.8) is 0 Å². The molecule has 1 aliphatic heterocycles. The molecule has 1 N–H and O–H groups in total. The first-order valence-electron chi connectivity index (χ1n) is 4.85. The Morgan fingerprint density at radius 1 is 1.43 bits per heavy atom. The second-order valence-electron chi connectivity index (χ2n) is 3.29. The molecule has 5 heteroatoms. The summed E-state index contributed by atoms with van der Waals surface area (Å²) in [4.78, 5) is 12.8. The number of ether oxygens (including phenoxy) is 1. The van der Waals surface area contributed by atoms with E-state index in [2.05, 4.69) is 10.2 Å². The Bertz CT molecular complexity index is 159. The molecule has 0 aromatic carbocycles. The maximum absolute atomic E-state index is 10.5. The van der Waals surface area contributed by atoms with Crippen molar-refractivity contribution in [3.05, 3.63) is 0 Å². The van der Waals surface area contributed by atoms with E-state index in [1.54, 1.807) is 0 Å². The second-order valence-corrected chi connectivity index (χ2v) is 3.29. The van der Waals surface area contributed by atoms with Crippen LogP contribution in [0.3, 0.4) is 0 Å². The average Bonchev–Trinajstić information content (AvgIpc) is 2.32. The van der Waals surface area contributed by atoms with Gasteiger partial charge in [0.15, 0.2) is 0 Å². The molecule has 1 rings (SSSR count). The van der Waals surface area contributed by atoms with Crippen LogP contribution in [0.25, 0.3) is 0 Å². The third kappa shape index (κ3) is 6.18. The van der Waals surface area contributed by atoms with Crippen LogP contribution in [-0.4, -0.2) is 50.2 Å². The summed E-state index contributed by atoms with van der Waals surface area (Å²) in [5.74, 6) is -0.187. The first-order valence-corrected chi connectivity index (χ1v) is 4.85. The number of nitrogens with one attached hydrogen (secondary N) is 1. The zero-order valence-electron chi connectivity index (χ0n) is 8.62.